The molecule has 4 rings (SSSR count). The van der Waals surface area contributed by atoms with Crippen LogP contribution in [0.25, 0.3) is 16.6 Å². The van der Waals surface area contributed by atoms with Crippen molar-refractivity contribution in [2.24, 2.45) is 0 Å². The first-order valence-corrected chi connectivity index (χ1v) is 11.1. The minimum Gasteiger partial charge on any atom is -0.497 e. The van der Waals surface area contributed by atoms with E-state index in [2.05, 4.69) is 5.32 Å². The number of carbonyl (C=O) groups is 1. The molecule has 0 aliphatic carbocycles. The Bertz CT molecular complexity index is 1360. The number of nitrogens with zero attached hydrogens (tertiary/aromatic N) is 2. The quantitative estimate of drug-likeness (QED) is 0.343. The third-order valence-corrected chi connectivity index (χ3v) is 6.12. The van der Waals surface area contributed by atoms with E-state index in [-0.39, 0.29) is 17.2 Å². The maximum Gasteiger partial charge on any atom is 0.266 e. The molecule has 0 saturated heterocycles. The molecule has 0 fully saturated rings. The Kier molecular flexibility index (Phi) is 6.28. The topological polar surface area (TPSA) is 73.2 Å². The molecule has 0 saturated carbocycles. The molecule has 0 aliphatic rings. The van der Waals surface area contributed by atoms with Crippen LogP contribution in [-0.2, 0) is 4.79 Å². The summed E-state index contributed by atoms with van der Waals surface area (Å²) in [6, 6.07) is 20.3. The van der Waals surface area contributed by atoms with Gasteiger partial charge in [-0.2, -0.15) is 0 Å². The van der Waals surface area contributed by atoms with Crippen molar-refractivity contribution in [3.63, 3.8) is 0 Å². The molecule has 6 nitrogen and oxygen atoms in total. The van der Waals surface area contributed by atoms with E-state index in [1.54, 1.807) is 29.9 Å². The molecule has 0 bridgehead atoms. The third kappa shape index (κ3) is 4.53. The number of anilines is 1. The van der Waals surface area contributed by atoms with Crippen molar-refractivity contribution in [1.82, 2.24) is 9.55 Å². The SMILES string of the molecule is COc1cccc(NC(=O)CSc2nc3ccccc3c(=O)n2-c2ccc(C)c(C)c2)c1. The van der Waals surface area contributed by atoms with Crippen LogP contribution in [-0.4, -0.2) is 28.3 Å². The Morgan fingerprint density at radius 2 is 1.84 bits per heavy atom. The van der Waals surface area contributed by atoms with Crippen LogP contribution in [0.15, 0.2) is 76.7 Å². The van der Waals surface area contributed by atoms with E-state index in [0.717, 1.165) is 16.8 Å². The first-order chi connectivity index (χ1) is 15.5. The summed E-state index contributed by atoms with van der Waals surface area (Å²) in [6.45, 7) is 4.03. The van der Waals surface area contributed by atoms with Gasteiger partial charge < -0.3 is 10.1 Å². The lowest BCUT2D eigenvalue weighted by Crippen LogP contribution is -2.23. The number of aromatic nitrogens is 2. The zero-order chi connectivity index (χ0) is 22.7. The van der Waals surface area contributed by atoms with Crippen LogP contribution in [0.4, 0.5) is 5.69 Å². The number of methoxy groups -OCH3 is 1. The highest BCUT2D eigenvalue weighted by Gasteiger charge is 2.15. The van der Waals surface area contributed by atoms with Gasteiger partial charge in [0.15, 0.2) is 5.16 Å². The fourth-order valence-electron chi connectivity index (χ4n) is 3.33. The van der Waals surface area contributed by atoms with Gasteiger partial charge in [-0.15, -0.1) is 0 Å². The summed E-state index contributed by atoms with van der Waals surface area (Å²) in [6.07, 6.45) is 0. The Morgan fingerprint density at radius 3 is 2.62 bits per heavy atom. The van der Waals surface area contributed by atoms with Gasteiger partial charge in [0.05, 0.1) is 29.5 Å². The Morgan fingerprint density at radius 1 is 1.03 bits per heavy atom. The molecule has 0 atom stereocenters. The summed E-state index contributed by atoms with van der Waals surface area (Å²) in [5.74, 6) is 0.569. The molecule has 4 aromatic rings. The molecule has 0 radical (unpaired) electrons. The minimum atomic E-state index is -0.197. The fraction of sp³-hybridized carbons (Fsp3) is 0.160. The smallest absolute Gasteiger partial charge is 0.266 e. The Hall–Kier alpha value is -3.58. The number of para-hydroxylation sites is 1. The number of hydrogen-bond donors (Lipinski definition) is 1. The van der Waals surface area contributed by atoms with Gasteiger partial charge in [0.25, 0.3) is 5.56 Å². The number of thioether (sulfide) groups is 1. The predicted molar refractivity (Wildman–Crippen MR) is 129 cm³/mol. The number of fused-ring (bicyclic) bond motifs is 1. The van der Waals surface area contributed by atoms with Crippen molar-refractivity contribution in [3.8, 4) is 11.4 Å². The molecule has 1 amide bonds. The summed E-state index contributed by atoms with van der Waals surface area (Å²) < 4.78 is 6.78. The molecule has 1 heterocycles. The molecule has 1 N–H and O–H groups in total. The van der Waals surface area contributed by atoms with Crippen LogP contribution in [0.3, 0.4) is 0 Å². The highest BCUT2D eigenvalue weighted by atomic mass is 32.2. The van der Waals surface area contributed by atoms with Gasteiger partial charge >= 0.3 is 0 Å². The lowest BCUT2D eigenvalue weighted by atomic mass is 10.1. The van der Waals surface area contributed by atoms with E-state index in [1.807, 2.05) is 62.4 Å². The van der Waals surface area contributed by atoms with E-state index >= 15 is 0 Å². The molecule has 7 heteroatoms. The molecule has 0 unspecified atom stereocenters. The van der Waals surface area contributed by atoms with E-state index in [9.17, 15) is 9.59 Å². The molecule has 3 aromatic carbocycles. The van der Waals surface area contributed by atoms with Gasteiger partial charge in [-0.05, 0) is 61.4 Å². The van der Waals surface area contributed by atoms with Crippen molar-refractivity contribution in [2.45, 2.75) is 19.0 Å². The molecular weight excluding hydrogens is 422 g/mol. The molecule has 0 spiro atoms. The van der Waals surface area contributed by atoms with E-state index in [0.29, 0.717) is 27.5 Å². The lowest BCUT2D eigenvalue weighted by molar-refractivity contribution is -0.113. The van der Waals surface area contributed by atoms with Gasteiger partial charge in [-0.3, -0.25) is 14.2 Å². The van der Waals surface area contributed by atoms with Gasteiger partial charge in [0.2, 0.25) is 5.91 Å². The molecule has 0 aliphatic heterocycles. The standard InChI is InChI=1S/C25H23N3O3S/c1-16-11-12-19(13-17(16)2)28-24(30)21-9-4-5-10-22(21)27-25(28)32-15-23(29)26-18-7-6-8-20(14-18)31-3/h4-14H,15H2,1-3H3,(H,26,29). The van der Waals surface area contributed by atoms with Gasteiger partial charge in [-0.25, -0.2) is 4.98 Å². The number of nitrogens with one attached hydrogen (secondary N) is 1. The van der Waals surface area contributed by atoms with Gasteiger partial charge in [0.1, 0.15) is 5.75 Å². The zero-order valence-corrected chi connectivity index (χ0v) is 18.9. The lowest BCUT2D eigenvalue weighted by Gasteiger charge is -2.14. The monoisotopic (exact) mass is 445 g/mol. The Balaban J connectivity index is 1.67. The summed E-state index contributed by atoms with van der Waals surface area (Å²) >= 11 is 1.23. The summed E-state index contributed by atoms with van der Waals surface area (Å²) in [7, 11) is 1.58. The van der Waals surface area contributed by atoms with Crippen LogP contribution in [0.2, 0.25) is 0 Å². The molecule has 32 heavy (non-hydrogen) atoms. The highest BCUT2D eigenvalue weighted by molar-refractivity contribution is 7.99. The second-order valence-corrected chi connectivity index (χ2v) is 8.33. The summed E-state index contributed by atoms with van der Waals surface area (Å²) in [5.41, 5.74) is 4.04. The maximum atomic E-state index is 13.3. The van der Waals surface area contributed by atoms with Crippen molar-refractivity contribution < 1.29 is 9.53 Å². The van der Waals surface area contributed by atoms with Crippen LogP contribution in [0.5, 0.6) is 5.75 Å². The average molecular weight is 446 g/mol. The highest BCUT2D eigenvalue weighted by Crippen LogP contribution is 2.23. The molecule has 1 aromatic heterocycles. The van der Waals surface area contributed by atoms with Crippen molar-refractivity contribution >= 4 is 34.3 Å². The van der Waals surface area contributed by atoms with Crippen LogP contribution in [0.1, 0.15) is 11.1 Å². The fourth-order valence-corrected chi connectivity index (χ4v) is 4.14. The number of ether oxygens (including phenoxy) is 1. The van der Waals surface area contributed by atoms with Crippen molar-refractivity contribution in [2.75, 3.05) is 18.2 Å². The molecular formula is C25H23N3O3S. The number of amides is 1. The number of aryl methyl sites for hydroxylation is 2. The van der Waals surface area contributed by atoms with Gasteiger partial charge in [-0.1, -0.05) is 36.0 Å². The normalized spacial score (nSPS) is 10.8. The first-order valence-electron chi connectivity index (χ1n) is 10.1. The van der Waals surface area contributed by atoms with Crippen molar-refractivity contribution in [1.29, 1.82) is 0 Å². The van der Waals surface area contributed by atoms with Gasteiger partial charge in [0, 0.05) is 11.8 Å². The number of rotatable bonds is 6. The predicted octanol–water partition coefficient (Wildman–Crippen LogP) is 4.74. The second-order valence-electron chi connectivity index (χ2n) is 7.39. The van der Waals surface area contributed by atoms with Crippen LogP contribution in [0, 0.1) is 13.8 Å². The summed E-state index contributed by atoms with van der Waals surface area (Å²) in [4.78, 5) is 30.6. The summed E-state index contributed by atoms with van der Waals surface area (Å²) in [5, 5.41) is 3.87. The third-order valence-electron chi connectivity index (χ3n) is 5.18. The van der Waals surface area contributed by atoms with Crippen LogP contribution < -0.4 is 15.6 Å². The zero-order valence-electron chi connectivity index (χ0n) is 18.1. The van der Waals surface area contributed by atoms with Crippen LogP contribution >= 0.6 is 11.8 Å². The number of carbonyl (C=O) groups excluding carboxylic acids is 1. The average Bonchev–Trinajstić information content (AvgIpc) is 2.80. The van der Waals surface area contributed by atoms with Crippen molar-refractivity contribution in [3.05, 3.63) is 88.2 Å². The van der Waals surface area contributed by atoms with E-state index < -0.39 is 0 Å². The second kappa shape index (κ2) is 9.28. The van der Waals surface area contributed by atoms with E-state index in [4.69, 9.17) is 9.72 Å². The molecule has 162 valence electrons. The Labute approximate surface area is 190 Å². The van der Waals surface area contributed by atoms with E-state index in [1.165, 1.54) is 11.8 Å². The number of hydrogen-bond acceptors (Lipinski definition) is 5. The maximum absolute atomic E-state index is 13.3. The largest absolute Gasteiger partial charge is 0.497 e. The minimum absolute atomic E-state index is 0.104. The first kappa shape index (κ1) is 21.6. The number of benzene rings is 3.